The quantitative estimate of drug-likeness (QED) is 0.813. The fourth-order valence-electron chi connectivity index (χ4n) is 5.82. The molecule has 3 aliphatic carbocycles. The summed E-state index contributed by atoms with van der Waals surface area (Å²) in [5.74, 6) is 3.35. The third-order valence-corrected chi connectivity index (χ3v) is 6.93. The molecular weight excluding hydrogens is 272 g/mol. The van der Waals surface area contributed by atoms with Gasteiger partial charge in [-0.25, -0.2) is 0 Å². The fraction of sp³-hybridized carbons (Fsp3) is 0.650. The van der Waals surface area contributed by atoms with Gasteiger partial charge in [-0.05, 0) is 79.5 Å². The van der Waals surface area contributed by atoms with Crippen molar-refractivity contribution in [1.29, 1.82) is 0 Å². The van der Waals surface area contributed by atoms with Crippen molar-refractivity contribution in [2.45, 2.75) is 57.8 Å². The zero-order chi connectivity index (χ0) is 15.3. The predicted octanol–water partition coefficient (Wildman–Crippen LogP) is 4.31. The van der Waals surface area contributed by atoms with Gasteiger partial charge in [-0.2, -0.15) is 0 Å². The lowest BCUT2D eigenvalue weighted by Crippen LogP contribution is -2.44. The lowest BCUT2D eigenvalue weighted by Gasteiger charge is -2.49. The van der Waals surface area contributed by atoms with E-state index in [4.69, 9.17) is 4.74 Å². The van der Waals surface area contributed by atoms with Crippen molar-refractivity contribution in [3.63, 3.8) is 0 Å². The molecule has 0 amide bonds. The number of Topliss-reactive ketones (excluding diaryl/α,β-unsaturated/α-hetero) is 1. The Morgan fingerprint density at radius 2 is 2.18 bits per heavy atom. The second kappa shape index (κ2) is 5.11. The maximum absolute atomic E-state index is 12.6. The monoisotopic (exact) mass is 297 g/mol. The standard InChI is InChI=1S/C20H25O2/c1-3-20-11-10-15-16(18(20)8-9-19(20)21)7-5-13-4-6-14(22-2)12-17(13)15/h4,12,15-16,18H,3,5,7-11H2,1-2H3/t15-,16+,18-,20-/m0/s1. The number of ketones is 1. The van der Waals surface area contributed by atoms with Gasteiger partial charge in [0.15, 0.2) is 0 Å². The smallest absolute Gasteiger partial charge is 0.139 e. The van der Waals surface area contributed by atoms with Crippen LogP contribution in [0.1, 0.15) is 62.5 Å². The summed E-state index contributed by atoms with van der Waals surface area (Å²) >= 11 is 0. The van der Waals surface area contributed by atoms with Crippen molar-refractivity contribution in [3.05, 3.63) is 29.3 Å². The Labute approximate surface area is 133 Å². The first-order valence-corrected chi connectivity index (χ1v) is 8.81. The summed E-state index contributed by atoms with van der Waals surface area (Å²) < 4.78 is 5.40. The number of carbonyl (C=O) groups is 1. The van der Waals surface area contributed by atoms with E-state index in [-0.39, 0.29) is 5.41 Å². The summed E-state index contributed by atoms with van der Waals surface area (Å²) in [6.45, 7) is 2.23. The summed E-state index contributed by atoms with van der Waals surface area (Å²) in [7, 11) is 1.72. The lowest BCUT2D eigenvalue weighted by molar-refractivity contribution is -0.131. The number of carbonyl (C=O) groups excluding carboxylic acids is 1. The minimum absolute atomic E-state index is 0.0175. The first-order chi connectivity index (χ1) is 10.7. The van der Waals surface area contributed by atoms with Crippen molar-refractivity contribution >= 4 is 5.78 Å². The normalized spacial score (nSPS) is 36.5. The molecule has 22 heavy (non-hydrogen) atoms. The van der Waals surface area contributed by atoms with Crippen molar-refractivity contribution in [2.24, 2.45) is 17.3 Å². The number of methoxy groups -OCH3 is 1. The van der Waals surface area contributed by atoms with Gasteiger partial charge in [0.2, 0.25) is 0 Å². The first-order valence-electron chi connectivity index (χ1n) is 8.81. The average Bonchev–Trinajstić information content (AvgIpc) is 2.91. The molecule has 0 unspecified atom stereocenters. The minimum Gasteiger partial charge on any atom is -0.496 e. The van der Waals surface area contributed by atoms with E-state index >= 15 is 0 Å². The molecule has 0 heterocycles. The Bertz CT molecular complexity index is 606. The summed E-state index contributed by atoms with van der Waals surface area (Å²) in [6, 6.07) is 7.58. The van der Waals surface area contributed by atoms with Crippen LogP contribution < -0.4 is 4.74 Å². The fourth-order valence-corrected chi connectivity index (χ4v) is 5.82. The highest BCUT2D eigenvalue weighted by Gasteiger charge is 2.56. The molecule has 117 valence electrons. The predicted molar refractivity (Wildman–Crippen MR) is 86.1 cm³/mol. The van der Waals surface area contributed by atoms with E-state index in [1.165, 1.54) is 24.0 Å². The molecule has 0 bridgehead atoms. The second-order valence-electron chi connectivity index (χ2n) is 7.41. The van der Waals surface area contributed by atoms with E-state index in [9.17, 15) is 4.79 Å². The molecule has 4 atom stereocenters. The summed E-state index contributed by atoms with van der Waals surface area (Å²) in [5, 5.41) is 0. The van der Waals surface area contributed by atoms with Crippen LogP contribution in [0.4, 0.5) is 0 Å². The Morgan fingerprint density at radius 3 is 2.95 bits per heavy atom. The number of aryl methyl sites for hydroxylation is 1. The van der Waals surface area contributed by atoms with Gasteiger partial charge in [-0.1, -0.05) is 6.92 Å². The highest BCUT2D eigenvalue weighted by atomic mass is 16.5. The van der Waals surface area contributed by atoms with Gasteiger partial charge in [0.1, 0.15) is 11.5 Å². The molecule has 1 radical (unpaired) electrons. The Kier molecular flexibility index (Phi) is 3.32. The highest BCUT2D eigenvalue weighted by Crippen LogP contribution is 2.61. The SMILES string of the molecule is CC[C@]12CC[C@@H]3c4cc(OC)[c]cc4CC[C@H]3[C@@H]1CCC2=O. The molecule has 0 aliphatic heterocycles. The van der Waals surface area contributed by atoms with Crippen LogP contribution in [0.2, 0.25) is 0 Å². The topological polar surface area (TPSA) is 26.3 Å². The van der Waals surface area contributed by atoms with E-state index in [1.54, 1.807) is 7.11 Å². The molecule has 2 fully saturated rings. The zero-order valence-electron chi connectivity index (χ0n) is 13.7. The average molecular weight is 297 g/mol. The Hall–Kier alpha value is -1.31. The number of hydrogen-bond donors (Lipinski definition) is 0. The number of benzene rings is 1. The van der Waals surface area contributed by atoms with Gasteiger partial charge in [-0.15, -0.1) is 0 Å². The van der Waals surface area contributed by atoms with Crippen LogP contribution >= 0.6 is 0 Å². The van der Waals surface area contributed by atoms with Crippen molar-refractivity contribution in [2.75, 3.05) is 7.11 Å². The van der Waals surface area contributed by atoms with E-state index in [1.807, 2.05) is 0 Å². The van der Waals surface area contributed by atoms with E-state index in [0.29, 0.717) is 23.5 Å². The van der Waals surface area contributed by atoms with Crippen LogP contribution in [0.15, 0.2) is 12.1 Å². The molecule has 3 aliphatic rings. The maximum atomic E-state index is 12.6. The summed E-state index contributed by atoms with van der Waals surface area (Å²) in [6.07, 6.45) is 7.63. The molecule has 4 rings (SSSR count). The molecule has 2 nitrogen and oxygen atoms in total. The largest absolute Gasteiger partial charge is 0.496 e. The van der Waals surface area contributed by atoms with Gasteiger partial charge >= 0.3 is 0 Å². The van der Waals surface area contributed by atoms with Crippen molar-refractivity contribution < 1.29 is 9.53 Å². The molecule has 0 spiro atoms. The summed E-state index contributed by atoms with van der Waals surface area (Å²) in [4.78, 5) is 12.6. The van der Waals surface area contributed by atoms with E-state index in [2.05, 4.69) is 25.1 Å². The van der Waals surface area contributed by atoms with Crippen LogP contribution in [0, 0.1) is 23.3 Å². The number of hydrogen-bond acceptors (Lipinski definition) is 2. The molecular formula is C20H25O2. The van der Waals surface area contributed by atoms with Crippen LogP contribution in [-0.4, -0.2) is 12.9 Å². The van der Waals surface area contributed by atoms with Gasteiger partial charge in [0.05, 0.1) is 7.11 Å². The third-order valence-electron chi connectivity index (χ3n) is 6.93. The molecule has 1 aromatic rings. The first kappa shape index (κ1) is 14.3. The molecule has 1 aromatic carbocycles. The molecule has 0 saturated heterocycles. The highest BCUT2D eigenvalue weighted by molar-refractivity contribution is 5.87. The molecule has 2 saturated carbocycles. The Balaban J connectivity index is 1.72. The van der Waals surface area contributed by atoms with Crippen LogP contribution in [-0.2, 0) is 11.2 Å². The van der Waals surface area contributed by atoms with Crippen LogP contribution in [0.5, 0.6) is 5.75 Å². The molecule has 0 N–H and O–H groups in total. The number of ether oxygens (including phenoxy) is 1. The van der Waals surface area contributed by atoms with Crippen LogP contribution in [0.3, 0.4) is 0 Å². The molecule has 2 heteroatoms. The number of rotatable bonds is 2. The van der Waals surface area contributed by atoms with Gasteiger partial charge in [-0.3, -0.25) is 4.79 Å². The molecule has 0 aromatic heterocycles. The van der Waals surface area contributed by atoms with E-state index in [0.717, 1.165) is 37.9 Å². The van der Waals surface area contributed by atoms with Crippen molar-refractivity contribution in [1.82, 2.24) is 0 Å². The van der Waals surface area contributed by atoms with Crippen LogP contribution in [0.25, 0.3) is 0 Å². The van der Waals surface area contributed by atoms with Gasteiger partial charge in [0.25, 0.3) is 0 Å². The third kappa shape index (κ3) is 1.82. The number of fused-ring (bicyclic) bond motifs is 5. The maximum Gasteiger partial charge on any atom is 0.139 e. The van der Waals surface area contributed by atoms with Crippen molar-refractivity contribution in [3.8, 4) is 5.75 Å². The van der Waals surface area contributed by atoms with Gasteiger partial charge < -0.3 is 4.74 Å². The van der Waals surface area contributed by atoms with Gasteiger partial charge in [0, 0.05) is 17.9 Å². The minimum atomic E-state index is 0.0175. The Morgan fingerprint density at radius 1 is 1.32 bits per heavy atom. The summed E-state index contributed by atoms with van der Waals surface area (Å²) in [5.41, 5.74) is 2.95. The second-order valence-corrected chi connectivity index (χ2v) is 7.41. The zero-order valence-corrected chi connectivity index (χ0v) is 13.7. The van der Waals surface area contributed by atoms with E-state index < -0.39 is 0 Å². The lowest BCUT2D eigenvalue weighted by atomic mass is 9.54.